The van der Waals surface area contributed by atoms with E-state index in [2.05, 4.69) is 80.0 Å². The van der Waals surface area contributed by atoms with E-state index in [4.69, 9.17) is 0 Å². The Morgan fingerprint density at radius 3 is 2.03 bits per heavy atom. The lowest BCUT2D eigenvalue weighted by molar-refractivity contribution is -0.116. The number of rotatable bonds is 0. The monoisotopic (exact) mass is 607 g/mol. The van der Waals surface area contributed by atoms with Gasteiger partial charge in [0.2, 0.25) is 5.91 Å². The highest BCUT2D eigenvalue weighted by atomic mass is 79.9. The van der Waals surface area contributed by atoms with E-state index in [0.717, 1.165) is 16.7 Å². The molecule has 6 rings (SSSR count). The Balaban J connectivity index is 0.000000140. The van der Waals surface area contributed by atoms with Crippen LogP contribution in [-0.4, -0.2) is 35.5 Å². The molecule has 2 fully saturated rings. The third-order valence-electron chi connectivity index (χ3n) is 8.07. The predicted molar refractivity (Wildman–Crippen MR) is 151 cm³/mol. The zero-order chi connectivity index (χ0) is 23.1. The maximum absolute atomic E-state index is 11.9. The second-order valence-electron chi connectivity index (χ2n) is 9.85. The molecule has 0 unspecified atom stereocenters. The molecule has 1 aliphatic carbocycles. The van der Waals surface area contributed by atoms with Crippen LogP contribution < -0.4 is 4.90 Å². The number of fused-ring (bicyclic) bond motifs is 4. The molecule has 0 aromatic heterocycles. The summed E-state index contributed by atoms with van der Waals surface area (Å²) in [5, 5.41) is 0. The molecule has 2 aromatic rings. The smallest absolute Gasteiger partial charge is 0.223 e. The van der Waals surface area contributed by atoms with Gasteiger partial charge in [-0.25, -0.2) is 0 Å². The summed E-state index contributed by atoms with van der Waals surface area (Å²) < 4.78 is 2.29. The van der Waals surface area contributed by atoms with Crippen LogP contribution in [0.25, 0.3) is 0 Å². The van der Waals surface area contributed by atoms with Crippen molar-refractivity contribution in [1.29, 1.82) is 0 Å². The molecule has 6 heteroatoms. The van der Waals surface area contributed by atoms with Gasteiger partial charge in [0, 0.05) is 33.5 Å². The molecule has 33 heavy (non-hydrogen) atoms. The van der Waals surface area contributed by atoms with Gasteiger partial charge in [0.15, 0.2) is 0 Å². The number of halogens is 2. The standard InChI is InChI=1S/C14H16BrNOS.C13H15BrS/c1-10(17)16-9-14(4-6-18-7-5-14)12-3-2-11(15)8-13(12)16;14-11-1-2-12-10(9-11)3-4-13(12)5-7-15-8-6-13/h2-3,8H,4-7,9H2,1H3;1-2,9H,3-8H2. The van der Waals surface area contributed by atoms with Crippen molar-refractivity contribution in [2.24, 2.45) is 0 Å². The molecule has 0 saturated carbocycles. The molecule has 3 aliphatic heterocycles. The number of carbonyl (C=O) groups excluding carboxylic acids is 1. The van der Waals surface area contributed by atoms with Crippen molar-refractivity contribution in [2.75, 3.05) is 34.5 Å². The van der Waals surface area contributed by atoms with E-state index in [1.165, 1.54) is 71.6 Å². The van der Waals surface area contributed by atoms with Gasteiger partial charge in [0.05, 0.1) is 0 Å². The van der Waals surface area contributed by atoms with Crippen LogP contribution in [0.5, 0.6) is 0 Å². The fraction of sp³-hybridized carbons (Fsp3) is 0.519. The molecule has 2 aromatic carbocycles. The minimum Gasteiger partial charge on any atom is -0.311 e. The van der Waals surface area contributed by atoms with Crippen molar-refractivity contribution in [3.8, 4) is 0 Å². The first-order valence-electron chi connectivity index (χ1n) is 12.0. The Hall–Kier alpha value is -0.430. The first kappa shape index (κ1) is 24.3. The lowest BCUT2D eigenvalue weighted by Gasteiger charge is -2.34. The number of anilines is 1. The molecule has 176 valence electrons. The largest absolute Gasteiger partial charge is 0.311 e. The highest BCUT2D eigenvalue weighted by molar-refractivity contribution is 9.10. The number of nitrogens with zero attached hydrogens (tertiary/aromatic N) is 1. The van der Waals surface area contributed by atoms with Gasteiger partial charge in [-0.3, -0.25) is 4.79 Å². The van der Waals surface area contributed by atoms with Gasteiger partial charge in [-0.15, -0.1) is 0 Å². The summed E-state index contributed by atoms with van der Waals surface area (Å²) >= 11 is 11.2. The van der Waals surface area contributed by atoms with Gasteiger partial charge < -0.3 is 4.90 Å². The number of hydrogen-bond acceptors (Lipinski definition) is 3. The van der Waals surface area contributed by atoms with Crippen molar-refractivity contribution in [1.82, 2.24) is 0 Å². The van der Waals surface area contributed by atoms with Crippen LogP contribution in [0.15, 0.2) is 45.3 Å². The molecular formula is C27H31Br2NOS2. The fourth-order valence-corrected chi connectivity index (χ4v) is 9.50. The van der Waals surface area contributed by atoms with E-state index < -0.39 is 0 Å². The summed E-state index contributed by atoms with van der Waals surface area (Å²) in [6, 6.07) is 13.3. The highest BCUT2D eigenvalue weighted by Crippen LogP contribution is 2.49. The van der Waals surface area contributed by atoms with Crippen molar-refractivity contribution in [2.45, 2.75) is 56.3 Å². The van der Waals surface area contributed by atoms with E-state index in [9.17, 15) is 4.79 Å². The Kier molecular flexibility index (Phi) is 7.29. The lowest BCUT2D eigenvalue weighted by Crippen LogP contribution is -2.38. The number of hydrogen-bond donors (Lipinski definition) is 0. The number of amides is 1. The highest BCUT2D eigenvalue weighted by Gasteiger charge is 2.44. The van der Waals surface area contributed by atoms with Crippen molar-refractivity contribution in [3.05, 3.63) is 62.0 Å². The SMILES string of the molecule is Brc1ccc2c(c1)CCC21CCSCC1.CC(=O)N1CC2(CCSCC2)c2ccc(Br)cc21. The van der Waals surface area contributed by atoms with Crippen LogP contribution in [0.2, 0.25) is 0 Å². The number of thioether (sulfide) groups is 2. The van der Waals surface area contributed by atoms with Gasteiger partial charge in [-0.05, 0) is 108 Å². The van der Waals surface area contributed by atoms with E-state index in [1.54, 1.807) is 18.1 Å². The Morgan fingerprint density at radius 1 is 0.818 bits per heavy atom. The van der Waals surface area contributed by atoms with Crippen LogP contribution >= 0.6 is 55.4 Å². The Morgan fingerprint density at radius 2 is 1.39 bits per heavy atom. The Labute approximate surface area is 223 Å². The topological polar surface area (TPSA) is 20.3 Å². The lowest BCUT2D eigenvalue weighted by atomic mass is 9.77. The van der Waals surface area contributed by atoms with Crippen LogP contribution in [-0.2, 0) is 22.0 Å². The molecule has 3 heterocycles. The molecule has 0 atom stereocenters. The molecular weight excluding hydrogens is 578 g/mol. The first-order chi connectivity index (χ1) is 15.9. The predicted octanol–water partition coefficient (Wildman–Crippen LogP) is 7.74. The maximum atomic E-state index is 11.9. The van der Waals surface area contributed by atoms with E-state index in [0.29, 0.717) is 5.41 Å². The molecule has 4 aliphatic rings. The van der Waals surface area contributed by atoms with Crippen molar-refractivity contribution >= 4 is 67.0 Å². The quantitative estimate of drug-likeness (QED) is 0.305. The van der Waals surface area contributed by atoms with Gasteiger partial charge in [-0.1, -0.05) is 44.0 Å². The number of aryl methyl sites for hydroxylation is 1. The maximum Gasteiger partial charge on any atom is 0.223 e. The van der Waals surface area contributed by atoms with E-state index in [-0.39, 0.29) is 11.3 Å². The van der Waals surface area contributed by atoms with Gasteiger partial charge in [0.1, 0.15) is 0 Å². The third-order valence-corrected chi connectivity index (χ3v) is 11.0. The van der Waals surface area contributed by atoms with Gasteiger partial charge in [-0.2, -0.15) is 23.5 Å². The Bertz CT molecular complexity index is 1040. The first-order valence-corrected chi connectivity index (χ1v) is 15.8. The zero-order valence-corrected chi connectivity index (χ0v) is 24.0. The molecule has 2 nitrogen and oxygen atoms in total. The minimum absolute atomic E-state index is 0.157. The normalized spacial score (nSPS) is 22.0. The average Bonchev–Trinajstić information content (AvgIpc) is 3.31. The number of benzene rings is 2. The summed E-state index contributed by atoms with van der Waals surface area (Å²) in [5.74, 6) is 5.29. The average molecular weight is 609 g/mol. The van der Waals surface area contributed by atoms with E-state index >= 15 is 0 Å². The molecule has 0 N–H and O–H groups in total. The molecule has 2 saturated heterocycles. The minimum atomic E-state index is 0.157. The summed E-state index contributed by atoms with van der Waals surface area (Å²) in [6.45, 7) is 2.54. The van der Waals surface area contributed by atoms with Crippen LogP contribution in [0.1, 0.15) is 55.7 Å². The summed E-state index contributed by atoms with van der Waals surface area (Å²) in [4.78, 5) is 13.8. The molecule has 2 spiro atoms. The molecule has 0 bridgehead atoms. The third kappa shape index (κ3) is 4.71. The van der Waals surface area contributed by atoms with Crippen LogP contribution in [0.3, 0.4) is 0 Å². The van der Waals surface area contributed by atoms with E-state index in [1.807, 2.05) is 16.7 Å². The summed E-state index contributed by atoms with van der Waals surface area (Å²) in [7, 11) is 0. The van der Waals surface area contributed by atoms with Crippen LogP contribution in [0.4, 0.5) is 5.69 Å². The molecule has 1 amide bonds. The molecule has 0 radical (unpaired) electrons. The van der Waals surface area contributed by atoms with Crippen molar-refractivity contribution in [3.63, 3.8) is 0 Å². The second-order valence-corrected chi connectivity index (χ2v) is 14.1. The second kappa shape index (κ2) is 9.91. The van der Waals surface area contributed by atoms with Crippen molar-refractivity contribution < 1.29 is 4.79 Å². The fourth-order valence-electron chi connectivity index (χ4n) is 6.20. The van der Waals surface area contributed by atoms with Crippen LogP contribution in [0, 0.1) is 0 Å². The van der Waals surface area contributed by atoms with Gasteiger partial charge in [0.25, 0.3) is 0 Å². The summed E-state index contributed by atoms with van der Waals surface area (Å²) in [5.41, 5.74) is 6.51. The zero-order valence-electron chi connectivity index (χ0n) is 19.2. The van der Waals surface area contributed by atoms with Gasteiger partial charge >= 0.3 is 0 Å². The number of carbonyl (C=O) groups is 1. The summed E-state index contributed by atoms with van der Waals surface area (Å²) in [6.07, 6.45) is 7.85.